The number of aromatic nitrogens is 8. The van der Waals surface area contributed by atoms with Gasteiger partial charge in [0.2, 0.25) is 0 Å². The van der Waals surface area contributed by atoms with E-state index in [1.165, 1.54) is 0 Å². The van der Waals surface area contributed by atoms with Crippen LogP contribution in [0.25, 0.3) is 89.7 Å². The van der Waals surface area contributed by atoms with Gasteiger partial charge in [-0.15, -0.1) is 0 Å². The summed E-state index contributed by atoms with van der Waals surface area (Å²) >= 11 is 52.8. The summed E-state index contributed by atoms with van der Waals surface area (Å²) in [5.41, 5.74) is 2.78. The summed E-state index contributed by atoms with van der Waals surface area (Å²) in [5.74, 6) is 0.819. The fourth-order valence-electron chi connectivity index (χ4n) is 5.74. The Morgan fingerprint density at radius 1 is 0.327 bits per heavy atom. The molecule has 0 fully saturated rings. The van der Waals surface area contributed by atoms with Gasteiger partial charge < -0.3 is 29.9 Å². The van der Waals surface area contributed by atoms with Crippen LogP contribution in [0.2, 0.25) is 40.2 Å². The van der Waals surface area contributed by atoms with Crippen molar-refractivity contribution in [2.45, 2.75) is 0 Å². The molecule has 4 aromatic carbocycles. The maximum Gasteiger partial charge on any atom is 2.00 e. The topological polar surface area (TPSA) is 106 Å². The Hall–Kier alpha value is -2.67. The van der Waals surface area contributed by atoms with Crippen LogP contribution in [0, 0.1) is 0 Å². The summed E-state index contributed by atoms with van der Waals surface area (Å²) in [5, 5.41) is 4.73. The molecule has 0 N–H and O–H groups in total. The van der Waals surface area contributed by atoms with E-state index in [4.69, 9.17) is 133 Å². The number of rotatable bonds is 0. The zero-order valence-electron chi connectivity index (χ0n) is 23.9. The van der Waals surface area contributed by atoms with E-state index in [2.05, 4.69) is 0 Å². The van der Waals surface area contributed by atoms with E-state index in [0.29, 0.717) is 84.0 Å². The zero-order chi connectivity index (χ0) is 33.2. The van der Waals surface area contributed by atoms with E-state index in [-0.39, 0.29) is 68.9 Å². The van der Waals surface area contributed by atoms with E-state index in [0.717, 1.165) is 0 Å². The number of hydrogen-bond donors (Lipinski definition) is 0. The van der Waals surface area contributed by atoms with Crippen molar-refractivity contribution >= 4 is 160 Å². The Labute approximate surface area is 331 Å². The van der Waals surface area contributed by atoms with E-state index >= 15 is 0 Å². The van der Waals surface area contributed by atoms with E-state index in [1.54, 1.807) is 48.5 Å². The van der Waals surface area contributed by atoms with Crippen LogP contribution in [-0.4, -0.2) is 53.0 Å². The average Bonchev–Trinajstić information content (AvgIpc) is 3.77. The largest absolute Gasteiger partial charge is 2.00 e. The van der Waals surface area contributed by atoms with Crippen molar-refractivity contribution in [3.63, 3.8) is 0 Å². The second-order valence-corrected chi connectivity index (χ2v) is 13.9. The van der Waals surface area contributed by atoms with Gasteiger partial charge in [-0.05, 0) is 70.1 Å². The first-order valence-electron chi connectivity index (χ1n) is 13.7. The van der Waals surface area contributed by atoms with Crippen LogP contribution < -0.4 is 9.97 Å². The van der Waals surface area contributed by atoms with Gasteiger partial charge in [0.05, 0.1) is 63.5 Å². The van der Waals surface area contributed by atoms with Crippen LogP contribution in [0.1, 0.15) is 0 Å². The Bertz CT molecular complexity index is 2430. The molecule has 2 aliphatic heterocycles. The van der Waals surface area contributed by atoms with E-state index < -0.39 is 0 Å². The van der Waals surface area contributed by atoms with Crippen LogP contribution in [0.4, 0.5) is 0 Å². The molecule has 8 nitrogen and oxygen atoms in total. The maximum atomic E-state index is 6.74. The number of benzene rings is 4. The van der Waals surface area contributed by atoms with Crippen molar-refractivity contribution in [1.29, 1.82) is 0 Å². The predicted octanol–water partition coefficient (Wildman–Crippen LogP) is 11.0. The molecule has 3 aromatic heterocycles. The molecule has 2 aliphatic rings. The molecule has 234 valence electrons. The van der Waals surface area contributed by atoms with Gasteiger partial charge in [-0.2, -0.15) is 0 Å². The van der Waals surface area contributed by atoms with Gasteiger partial charge in [0.15, 0.2) is 0 Å². The van der Waals surface area contributed by atoms with E-state index in [9.17, 15) is 0 Å². The van der Waals surface area contributed by atoms with Crippen LogP contribution >= 0.6 is 92.8 Å². The quantitative estimate of drug-likeness (QED) is 0.139. The molecular formula is C32H8Cl8MgN8. The molecule has 0 saturated carbocycles. The molecule has 0 unspecified atom stereocenters. The first-order valence-corrected chi connectivity index (χ1v) is 16.7. The number of fused-ring (bicyclic) bond motifs is 20. The van der Waals surface area contributed by atoms with Crippen molar-refractivity contribution < 1.29 is 0 Å². The van der Waals surface area contributed by atoms with Gasteiger partial charge in [-0.1, -0.05) is 92.8 Å². The predicted molar refractivity (Wildman–Crippen MR) is 200 cm³/mol. The molecule has 0 atom stereocenters. The summed E-state index contributed by atoms with van der Waals surface area (Å²) in [4.78, 5) is 38.5. The number of nitrogens with zero attached hydrogens (tertiary/aromatic N) is 8. The van der Waals surface area contributed by atoms with Gasteiger partial charge in [0.25, 0.3) is 0 Å². The van der Waals surface area contributed by atoms with Crippen molar-refractivity contribution in [3.05, 3.63) is 88.7 Å². The van der Waals surface area contributed by atoms with Gasteiger partial charge in [-0.25, -0.2) is 9.97 Å². The average molecular weight is 812 g/mol. The smallest absolute Gasteiger partial charge is 0.357 e. The maximum absolute atomic E-state index is 6.74. The molecule has 49 heavy (non-hydrogen) atoms. The minimum absolute atomic E-state index is 0. The minimum atomic E-state index is 0. The first-order chi connectivity index (χ1) is 23.0. The van der Waals surface area contributed by atoms with Gasteiger partial charge >= 0.3 is 23.1 Å². The molecule has 0 radical (unpaired) electrons. The van der Waals surface area contributed by atoms with Crippen molar-refractivity contribution in [3.8, 4) is 45.6 Å². The second-order valence-electron chi connectivity index (χ2n) is 10.7. The molecule has 0 aliphatic carbocycles. The molecule has 8 bridgehead atoms. The molecule has 0 spiro atoms. The monoisotopic (exact) mass is 808 g/mol. The number of hydrogen-bond acceptors (Lipinski definition) is 6. The van der Waals surface area contributed by atoms with Crippen molar-refractivity contribution in [2.75, 3.05) is 0 Å². The Kier molecular flexibility index (Phi) is 8.36. The summed E-state index contributed by atoms with van der Waals surface area (Å²) in [6.45, 7) is 0. The Balaban J connectivity index is 0.00000348. The van der Waals surface area contributed by atoms with Crippen LogP contribution in [0.5, 0.6) is 0 Å². The van der Waals surface area contributed by atoms with Crippen LogP contribution in [0.15, 0.2) is 48.5 Å². The molecule has 17 heteroatoms. The van der Waals surface area contributed by atoms with Gasteiger partial charge in [0, 0.05) is 44.8 Å². The van der Waals surface area contributed by atoms with Crippen molar-refractivity contribution in [2.24, 2.45) is 0 Å². The minimum Gasteiger partial charge on any atom is -0.357 e. The van der Waals surface area contributed by atoms with Gasteiger partial charge in [-0.3, -0.25) is 0 Å². The third kappa shape index (κ3) is 5.25. The standard InChI is InChI=1S/C32H8Cl8N8.Mg/c33-13-1-2-14(34)22-21(13)29-43-25-9-5-17(37)18(38)6-10(9)27(41-25)45-31-23-15(35)3-4-16(36)24(23)32(48-31)46-28-12-8-20(40)19(39)7-11(12)26(42-28)44-30(22)47-29;/h1-8H;/q-2;+2. The Morgan fingerprint density at radius 2 is 0.551 bits per heavy atom. The molecule has 0 saturated heterocycles. The van der Waals surface area contributed by atoms with E-state index in [1.807, 2.05) is 0 Å². The zero-order valence-corrected chi connectivity index (χ0v) is 31.4. The fourth-order valence-corrected chi connectivity index (χ4v) is 7.37. The summed E-state index contributed by atoms with van der Waals surface area (Å²) < 4.78 is 0. The normalized spacial score (nSPS) is 11.9. The molecular weight excluding hydrogens is 804 g/mol. The Morgan fingerprint density at radius 3 is 0.776 bits per heavy atom. The molecule has 7 aromatic rings. The summed E-state index contributed by atoms with van der Waals surface area (Å²) in [6, 6.07) is 13.2. The summed E-state index contributed by atoms with van der Waals surface area (Å²) in [7, 11) is 0. The third-order valence-electron chi connectivity index (χ3n) is 7.88. The third-order valence-corrected chi connectivity index (χ3v) is 10.6. The van der Waals surface area contributed by atoms with Crippen LogP contribution in [-0.2, 0) is 0 Å². The summed E-state index contributed by atoms with van der Waals surface area (Å²) in [6.07, 6.45) is 0. The molecule has 5 heterocycles. The van der Waals surface area contributed by atoms with Gasteiger partial charge in [0.1, 0.15) is 0 Å². The van der Waals surface area contributed by atoms with Crippen molar-refractivity contribution in [1.82, 2.24) is 39.9 Å². The number of halogens is 8. The molecule has 9 rings (SSSR count). The first kappa shape index (κ1) is 33.5. The SMILES string of the molecule is Clc1cc2c3nc4nc(nc5[n-]c(nc6nc(nc([n-]3)c2cc1Cl)-c1c(Cl)ccc(Cl)c1-6)c1cc(Cl)c(Cl)cc51)-c1c(Cl)ccc(Cl)c1-4.[Mg+2]. The van der Waals surface area contributed by atoms with Crippen LogP contribution in [0.3, 0.4) is 0 Å². The second kappa shape index (κ2) is 12.2. The fraction of sp³-hybridized carbons (Fsp3) is 0. The molecule has 0 amide bonds.